The number of amidine groups is 1. The lowest BCUT2D eigenvalue weighted by Crippen LogP contribution is -2.10. The van der Waals surface area contributed by atoms with E-state index in [9.17, 15) is 9.90 Å². The van der Waals surface area contributed by atoms with Crippen LogP contribution in [0.2, 0.25) is 0 Å². The summed E-state index contributed by atoms with van der Waals surface area (Å²) in [6.45, 7) is 3.76. The van der Waals surface area contributed by atoms with Gasteiger partial charge in [-0.2, -0.15) is 0 Å². The minimum absolute atomic E-state index is 0.00605. The molecule has 3 aromatic carbocycles. The second-order valence-corrected chi connectivity index (χ2v) is 6.90. The minimum Gasteiger partial charge on any atom is -0.508 e. The molecule has 0 aromatic heterocycles. The van der Waals surface area contributed by atoms with Gasteiger partial charge in [-0.05, 0) is 65.9 Å². The number of aryl methyl sites for hydroxylation is 1. The molecule has 3 rings (SSSR count). The van der Waals surface area contributed by atoms with Crippen LogP contribution in [0.4, 0.5) is 0 Å². The molecule has 0 radical (unpaired) electrons. The van der Waals surface area contributed by atoms with E-state index >= 15 is 0 Å². The molecule has 5 heteroatoms. The fourth-order valence-corrected chi connectivity index (χ4v) is 3.11. The van der Waals surface area contributed by atoms with Gasteiger partial charge in [-0.1, -0.05) is 31.2 Å². The number of carbonyl (C=O) groups is 1. The SMILES string of the molecule is CCc1ccc(OCc2cc(C(C)=O)cc(-c3cccc(C(=N)N)c3)c2)cc1O. The van der Waals surface area contributed by atoms with Crippen LogP contribution < -0.4 is 10.5 Å². The highest BCUT2D eigenvalue weighted by Crippen LogP contribution is 2.27. The van der Waals surface area contributed by atoms with E-state index in [1.54, 1.807) is 18.2 Å². The molecule has 3 aromatic rings. The average Bonchev–Trinajstić information content (AvgIpc) is 2.72. The van der Waals surface area contributed by atoms with E-state index in [0.717, 1.165) is 28.7 Å². The van der Waals surface area contributed by atoms with Gasteiger partial charge >= 0.3 is 0 Å². The molecule has 4 N–H and O–H groups in total. The van der Waals surface area contributed by atoms with Crippen molar-refractivity contribution in [3.63, 3.8) is 0 Å². The van der Waals surface area contributed by atoms with Gasteiger partial charge in [0.25, 0.3) is 0 Å². The van der Waals surface area contributed by atoms with Crippen LogP contribution in [-0.4, -0.2) is 16.7 Å². The van der Waals surface area contributed by atoms with Gasteiger partial charge in [-0.25, -0.2) is 0 Å². The first-order valence-corrected chi connectivity index (χ1v) is 9.41. The van der Waals surface area contributed by atoms with Crippen molar-refractivity contribution >= 4 is 11.6 Å². The van der Waals surface area contributed by atoms with Gasteiger partial charge in [0, 0.05) is 17.2 Å². The number of rotatable bonds is 7. The molecule has 148 valence electrons. The largest absolute Gasteiger partial charge is 0.508 e. The number of nitrogens with two attached hydrogens (primary N) is 1. The number of phenols is 1. The third-order valence-corrected chi connectivity index (χ3v) is 4.75. The lowest BCUT2D eigenvalue weighted by molar-refractivity contribution is 0.101. The maximum absolute atomic E-state index is 12.0. The van der Waals surface area contributed by atoms with Crippen molar-refractivity contribution in [2.45, 2.75) is 26.9 Å². The number of carbonyl (C=O) groups excluding carboxylic acids is 1. The molecule has 0 spiro atoms. The molecule has 0 aliphatic rings. The van der Waals surface area contributed by atoms with Gasteiger partial charge in [0.15, 0.2) is 5.78 Å². The fourth-order valence-electron chi connectivity index (χ4n) is 3.11. The van der Waals surface area contributed by atoms with E-state index < -0.39 is 0 Å². The Kier molecular flexibility index (Phi) is 5.98. The van der Waals surface area contributed by atoms with Crippen molar-refractivity contribution in [1.29, 1.82) is 5.41 Å². The third kappa shape index (κ3) is 4.82. The lowest BCUT2D eigenvalue weighted by Gasteiger charge is -2.12. The van der Waals surface area contributed by atoms with Crippen molar-refractivity contribution in [1.82, 2.24) is 0 Å². The Morgan fingerprint density at radius 2 is 1.79 bits per heavy atom. The lowest BCUT2D eigenvalue weighted by atomic mass is 9.97. The van der Waals surface area contributed by atoms with Gasteiger partial charge in [-0.15, -0.1) is 0 Å². The van der Waals surface area contributed by atoms with Crippen LogP contribution >= 0.6 is 0 Å². The number of nitrogen functional groups attached to an aromatic ring is 1. The predicted molar refractivity (Wildman–Crippen MR) is 115 cm³/mol. The van der Waals surface area contributed by atoms with Gasteiger partial charge < -0.3 is 15.6 Å². The second kappa shape index (κ2) is 8.61. The number of hydrogen-bond acceptors (Lipinski definition) is 4. The number of aromatic hydroxyl groups is 1. The molecule has 0 bridgehead atoms. The van der Waals surface area contributed by atoms with Gasteiger partial charge in [-0.3, -0.25) is 10.2 Å². The van der Waals surface area contributed by atoms with Crippen LogP contribution in [0.3, 0.4) is 0 Å². The van der Waals surface area contributed by atoms with Crippen molar-refractivity contribution < 1.29 is 14.6 Å². The normalized spacial score (nSPS) is 10.6. The fraction of sp³-hybridized carbons (Fsp3) is 0.167. The molecule has 0 saturated heterocycles. The maximum atomic E-state index is 12.0. The monoisotopic (exact) mass is 388 g/mol. The van der Waals surface area contributed by atoms with Gasteiger partial charge in [0.05, 0.1) is 0 Å². The summed E-state index contributed by atoms with van der Waals surface area (Å²) in [5.74, 6) is 0.728. The summed E-state index contributed by atoms with van der Waals surface area (Å²) in [4.78, 5) is 12.0. The Morgan fingerprint density at radius 3 is 2.45 bits per heavy atom. The topological polar surface area (TPSA) is 96.4 Å². The maximum Gasteiger partial charge on any atom is 0.159 e. The van der Waals surface area contributed by atoms with Crippen LogP contribution in [0.1, 0.15) is 40.9 Å². The summed E-state index contributed by atoms with van der Waals surface area (Å²) >= 11 is 0. The zero-order valence-electron chi connectivity index (χ0n) is 16.5. The van der Waals surface area contributed by atoms with Crippen molar-refractivity contribution in [2.24, 2.45) is 5.73 Å². The summed E-state index contributed by atoms with van der Waals surface area (Å²) in [7, 11) is 0. The summed E-state index contributed by atoms with van der Waals surface area (Å²) < 4.78 is 5.83. The molecule has 29 heavy (non-hydrogen) atoms. The van der Waals surface area contributed by atoms with Crippen LogP contribution in [0.15, 0.2) is 60.7 Å². The summed E-state index contributed by atoms with van der Waals surface area (Å²) in [5.41, 5.74) is 10.2. The molecular formula is C24H24N2O3. The van der Waals surface area contributed by atoms with E-state index in [1.807, 2.05) is 49.4 Å². The standard InChI is InChI=1S/C24H24N2O3/c1-3-17-7-8-22(13-23(17)28)29-14-16-9-20(15(2)27)12-21(10-16)18-5-4-6-19(11-18)24(25)26/h4-13,28H,3,14H2,1-2H3,(H3,25,26). The predicted octanol–water partition coefficient (Wildman–Crippen LogP) is 4.69. The molecular weight excluding hydrogens is 364 g/mol. The Bertz CT molecular complexity index is 1070. The molecule has 0 fully saturated rings. The Balaban J connectivity index is 1.91. The first-order chi connectivity index (χ1) is 13.9. The number of hydrogen-bond donors (Lipinski definition) is 3. The number of phenolic OH excluding ortho intramolecular Hbond substituents is 1. The van der Waals surface area contributed by atoms with Crippen LogP contribution in [0.5, 0.6) is 11.5 Å². The number of benzene rings is 3. The summed E-state index contributed by atoms with van der Waals surface area (Å²) in [6, 6.07) is 18.2. The first-order valence-electron chi connectivity index (χ1n) is 9.41. The van der Waals surface area contributed by atoms with E-state index in [4.69, 9.17) is 15.9 Å². The van der Waals surface area contributed by atoms with Crippen LogP contribution in [0.25, 0.3) is 11.1 Å². The molecule has 0 aliphatic heterocycles. The van der Waals surface area contributed by atoms with Gasteiger partial charge in [0.1, 0.15) is 23.9 Å². The van der Waals surface area contributed by atoms with Crippen molar-refractivity contribution in [2.75, 3.05) is 0 Å². The molecule has 0 unspecified atom stereocenters. The molecule has 0 heterocycles. The van der Waals surface area contributed by atoms with E-state index in [0.29, 0.717) is 16.9 Å². The van der Waals surface area contributed by atoms with E-state index in [1.165, 1.54) is 6.92 Å². The zero-order valence-corrected chi connectivity index (χ0v) is 16.5. The molecule has 0 saturated carbocycles. The Morgan fingerprint density at radius 1 is 1.03 bits per heavy atom. The highest BCUT2D eigenvalue weighted by atomic mass is 16.5. The molecule has 0 aliphatic carbocycles. The van der Waals surface area contributed by atoms with E-state index in [2.05, 4.69) is 0 Å². The smallest absolute Gasteiger partial charge is 0.159 e. The highest BCUT2D eigenvalue weighted by molar-refractivity contribution is 5.97. The molecule has 0 amide bonds. The van der Waals surface area contributed by atoms with Crippen LogP contribution in [0, 0.1) is 5.41 Å². The quantitative estimate of drug-likeness (QED) is 0.311. The average molecular weight is 388 g/mol. The van der Waals surface area contributed by atoms with Gasteiger partial charge in [0.2, 0.25) is 0 Å². The third-order valence-electron chi connectivity index (χ3n) is 4.75. The van der Waals surface area contributed by atoms with Crippen LogP contribution in [-0.2, 0) is 13.0 Å². The van der Waals surface area contributed by atoms with Crippen molar-refractivity contribution in [3.05, 3.63) is 82.9 Å². The Labute approximate surface area is 170 Å². The number of ether oxygens (including phenoxy) is 1. The first kappa shape index (κ1) is 20.1. The summed E-state index contributed by atoms with van der Waals surface area (Å²) in [6.07, 6.45) is 0.745. The zero-order chi connectivity index (χ0) is 21.0. The summed E-state index contributed by atoms with van der Waals surface area (Å²) in [5, 5.41) is 17.7. The Hall–Kier alpha value is -3.60. The number of Topliss-reactive ketones (excluding diaryl/α,β-unsaturated/α-hetero) is 1. The molecule has 5 nitrogen and oxygen atoms in total. The van der Waals surface area contributed by atoms with E-state index in [-0.39, 0.29) is 24.0 Å². The minimum atomic E-state index is -0.0410. The highest BCUT2D eigenvalue weighted by Gasteiger charge is 2.09. The van der Waals surface area contributed by atoms with Crippen molar-refractivity contribution in [3.8, 4) is 22.6 Å². The second-order valence-electron chi connectivity index (χ2n) is 6.90. The number of nitrogens with one attached hydrogen (secondary N) is 1. The molecule has 0 atom stereocenters. The number of ketones is 1.